The van der Waals surface area contributed by atoms with E-state index in [1.54, 1.807) is 0 Å². The van der Waals surface area contributed by atoms with Crippen molar-refractivity contribution in [1.82, 2.24) is 0 Å². The van der Waals surface area contributed by atoms with Crippen LogP contribution in [0.4, 0.5) is 0 Å². The molecule has 1 atom stereocenters. The second-order valence-corrected chi connectivity index (χ2v) is 10.2. The van der Waals surface area contributed by atoms with Crippen molar-refractivity contribution in [2.45, 2.75) is 84.0 Å². The maximum atomic E-state index is 11.8. The number of allylic oxidation sites excluding steroid dienone is 4. The summed E-state index contributed by atoms with van der Waals surface area (Å²) < 4.78 is 22.5. The van der Waals surface area contributed by atoms with Crippen LogP contribution in [0.25, 0.3) is 0 Å². The Morgan fingerprint density at radius 2 is 1.28 bits per heavy atom. The minimum atomic E-state index is -3.89. The Hall–Kier alpha value is -0.450. The van der Waals surface area contributed by atoms with Crippen molar-refractivity contribution in [1.29, 1.82) is 0 Å². The van der Waals surface area contributed by atoms with Crippen LogP contribution in [0.3, 0.4) is 0 Å². The van der Waals surface area contributed by atoms with E-state index in [1.165, 1.54) is 44.9 Å². The summed E-state index contributed by atoms with van der Waals surface area (Å²) in [6.45, 7) is 3.41. The van der Waals surface area contributed by atoms with Crippen LogP contribution in [-0.2, 0) is 13.6 Å². The van der Waals surface area contributed by atoms with E-state index in [-0.39, 0.29) is 13.2 Å². The predicted octanol–water partition coefficient (Wildman–Crippen LogP) is 6.64. The molecule has 0 radical (unpaired) electrons. The molecule has 0 aromatic heterocycles. The zero-order valence-corrected chi connectivity index (χ0v) is 20.4. The van der Waals surface area contributed by atoms with Gasteiger partial charge in [-0.05, 0) is 38.5 Å². The number of unbranched alkanes of at least 4 members (excludes halogenated alkanes) is 9. The standard InChI is InChI=1S/C23H46NO4P/c1-5-6-7-8-9-10-11-12-13-14-15-16-17-18-19-20-22-27-29(25,26)28-23-21-24(2,3)4/h9-10,12-13H,5-8,11,14-23H2,1-4H3/p+1/b10-9-,13-12-. The fourth-order valence-electron chi connectivity index (χ4n) is 2.74. The molecule has 0 aromatic carbocycles. The van der Waals surface area contributed by atoms with Crippen LogP contribution in [0.5, 0.6) is 0 Å². The lowest BCUT2D eigenvalue weighted by Crippen LogP contribution is -2.37. The molecule has 1 unspecified atom stereocenters. The van der Waals surface area contributed by atoms with Crippen molar-refractivity contribution in [3.05, 3.63) is 24.3 Å². The molecule has 0 rings (SSSR count). The molecule has 172 valence electrons. The molecule has 6 heteroatoms. The normalized spacial score (nSPS) is 14.8. The van der Waals surface area contributed by atoms with Gasteiger partial charge in [0.25, 0.3) is 0 Å². The molecule has 1 N–H and O–H groups in total. The van der Waals surface area contributed by atoms with Crippen LogP contribution in [0.2, 0.25) is 0 Å². The highest BCUT2D eigenvalue weighted by atomic mass is 31.2. The van der Waals surface area contributed by atoms with Crippen molar-refractivity contribution < 1.29 is 23.0 Å². The summed E-state index contributed by atoms with van der Waals surface area (Å²) in [5.41, 5.74) is 0. The summed E-state index contributed by atoms with van der Waals surface area (Å²) in [6, 6.07) is 0. The summed E-state index contributed by atoms with van der Waals surface area (Å²) in [5.74, 6) is 0. The number of hydrogen-bond acceptors (Lipinski definition) is 3. The summed E-state index contributed by atoms with van der Waals surface area (Å²) in [5, 5.41) is 0. The fraction of sp³-hybridized carbons (Fsp3) is 0.826. The van der Waals surface area contributed by atoms with Gasteiger partial charge in [0.1, 0.15) is 13.2 Å². The van der Waals surface area contributed by atoms with Crippen molar-refractivity contribution in [2.75, 3.05) is 40.9 Å². The molecule has 0 aromatic rings. The monoisotopic (exact) mass is 432 g/mol. The first-order chi connectivity index (χ1) is 13.8. The van der Waals surface area contributed by atoms with Gasteiger partial charge in [-0.25, -0.2) is 4.57 Å². The highest BCUT2D eigenvalue weighted by Crippen LogP contribution is 2.43. The number of phosphoric acid groups is 1. The summed E-state index contributed by atoms with van der Waals surface area (Å²) in [7, 11) is 2.14. The molecule has 0 fully saturated rings. The molecule has 5 nitrogen and oxygen atoms in total. The number of likely N-dealkylation sites (N-methyl/N-ethyl adjacent to an activating group) is 1. The van der Waals surface area contributed by atoms with E-state index in [1.807, 2.05) is 21.1 Å². The van der Waals surface area contributed by atoms with Gasteiger partial charge in [0.15, 0.2) is 0 Å². The quantitative estimate of drug-likeness (QED) is 0.101. The lowest BCUT2D eigenvalue weighted by atomic mass is 10.1. The van der Waals surface area contributed by atoms with E-state index in [4.69, 9.17) is 9.05 Å². The molecular formula is C23H47NO4P+. The van der Waals surface area contributed by atoms with Crippen LogP contribution in [0.15, 0.2) is 24.3 Å². The van der Waals surface area contributed by atoms with Crippen LogP contribution in [0, 0.1) is 0 Å². The second kappa shape index (κ2) is 18.3. The second-order valence-electron chi connectivity index (χ2n) is 8.73. The van der Waals surface area contributed by atoms with E-state index in [9.17, 15) is 9.46 Å². The van der Waals surface area contributed by atoms with Crippen LogP contribution < -0.4 is 0 Å². The first-order valence-electron chi connectivity index (χ1n) is 11.5. The minimum absolute atomic E-state index is 0.223. The zero-order valence-electron chi connectivity index (χ0n) is 19.5. The zero-order chi connectivity index (χ0) is 21.8. The largest absolute Gasteiger partial charge is 0.472 e. The van der Waals surface area contributed by atoms with Crippen LogP contribution >= 0.6 is 7.82 Å². The smallest absolute Gasteiger partial charge is 0.329 e. The summed E-state index contributed by atoms with van der Waals surface area (Å²) in [6.07, 6.45) is 23.2. The lowest BCUT2D eigenvalue weighted by Gasteiger charge is -2.24. The number of phosphoric ester groups is 1. The maximum absolute atomic E-state index is 11.8. The molecule has 0 amide bonds. The molecule has 0 saturated carbocycles. The van der Waals surface area contributed by atoms with E-state index in [0.29, 0.717) is 11.0 Å². The molecule has 0 saturated heterocycles. The van der Waals surface area contributed by atoms with E-state index >= 15 is 0 Å². The van der Waals surface area contributed by atoms with Gasteiger partial charge in [0.05, 0.1) is 27.7 Å². The third-order valence-electron chi connectivity index (χ3n) is 4.62. The number of rotatable bonds is 20. The maximum Gasteiger partial charge on any atom is 0.472 e. The van der Waals surface area contributed by atoms with Crippen LogP contribution in [-0.4, -0.2) is 50.3 Å². The molecular weight excluding hydrogens is 385 g/mol. The first-order valence-corrected chi connectivity index (χ1v) is 13.0. The number of nitrogens with zero attached hydrogens (tertiary/aromatic N) is 1. The lowest BCUT2D eigenvalue weighted by molar-refractivity contribution is -0.870. The summed E-state index contributed by atoms with van der Waals surface area (Å²) in [4.78, 5) is 9.63. The van der Waals surface area contributed by atoms with Gasteiger partial charge in [-0.2, -0.15) is 0 Å². The average molecular weight is 433 g/mol. The number of quaternary nitrogens is 1. The highest BCUT2D eigenvalue weighted by Gasteiger charge is 2.21. The third kappa shape index (κ3) is 23.7. The van der Waals surface area contributed by atoms with Crippen molar-refractivity contribution in [2.24, 2.45) is 0 Å². The molecule has 0 aliphatic rings. The van der Waals surface area contributed by atoms with Gasteiger partial charge >= 0.3 is 7.82 Å². The Morgan fingerprint density at radius 1 is 0.759 bits per heavy atom. The topological polar surface area (TPSA) is 55.8 Å². The van der Waals surface area contributed by atoms with Gasteiger partial charge in [-0.1, -0.05) is 69.8 Å². The highest BCUT2D eigenvalue weighted by molar-refractivity contribution is 7.47. The minimum Gasteiger partial charge on any atom is -0.329 e. The Balaban J connectivity index is 3.42. The van der Waals surface area contributed by atoms with E-state index in [0.717, 1.165) is 32.1 Å². The van der Waals surface area contributed by atoms with Gasteiger partial charge in [0, 0.05) is 0 Å². The van der Waals surface area contributed by atoms with Crippen LogP contribution in [0.1, 0.15) is 84.0 Å². The van der Waals surface area contributed by atoms with Crippen molar-refractivity contribution >= 4 is 7.82 Å². The van der Waals surface area contributed by atoms with Gasteiger partial charge in [-0.15, -0.1) is 0 Å². The fourth-order valence-corrected chi connectivity index (χ4v) is 3.48. The Labute approximate surface area is 180 Å². The summed E-state index contributed by atoms with van der Waals surface area (Å²) >= 11 is 0. The first kappa shape index (κ1) is 28.5. The average Bonchev–Trinajstić information content (AvgIpc) is 2.63. The Morgan fingerprint density at radius 3 is 1.86 bits per heavy atom. The number of hydrogen-bond donors (Lipinski definition) is 1. The SMILES string of the molecule is CCCCC/C=C\C/C=C\CCCCCCCCOP(=O)(O)OCC[N+](C)(C)C. The molecule has 29 heavy (non-hydrogen) atoms. The van der Waals surface area contributed by atoms with Gasteiger partial charge in [-0.3, -0.25) is 9.05 Å². The van der Waals surface area contributed by atoms with Crippen molar-refractivity contribution in [3.8, 4) is 0 Å². The van der Waals surface area contributed by atoms with E-state index in [2.05, 4.69) is 31.2 Å². The molecule has 0 heterocycles. The van der Waals surface area contributed by atoms with Gasteiger partial charge in [0.2, 0.25) is 0 Å². The Kier molecular flexibility index (Phi) is 18.0. The van der Waals surface area contributed by atoms with E-state index < -0.39 is 7.82 Å². The third-order valence-corrected chi connectivity index (χ3v) is 5.63. The molecule has 0 aliphatic heterocycles. The molecule has 0 bridgehead atoms. The van der Waals surface area contributed by atoms with Crippen molar-refractivity contribution in [3.63, 3.8) is 0 Å². The van der Waals surface area contributed by atoms with Gasteiger partial charge < -0.3 is 9.38 Å². The Bertz CT molecular complexity index is 472. The predicted molar refractivity (Wildman–Crippen MR) is 124 cm³/mol. The molecule has 0 spiro atoms. The molecule has 0 aliphatic carbocycles.